The molecular formula is C74H98N10O14. The summed E-state index contributed by atoms with van der Waals surface area (Å²) in [5, 5.41) is 22.6. The number of fused-ring (bicyclic) bond motifs is 2. The summed E-state index contributed by atoms with van der Waals surface area (Å²) >= 11 is 0. The van der Waals surface area contributed by atoms with E-state index in [4.69, 9.17) is 9.47 Å². The Morgan fingerprint density at radius 1 is 0.378 bits per heavy atom. The second kappa shape index (κ2) is 37.3. The zero-order chi connectivity index (χ0) is 71.0. The van der Waals surface area contributed by atoms with Gasteiger partial charge in [-0.1, -0.05) is 177 Å². The predicted octanol–water partition coefficient (Wildman–Crippen LogP) is 4.80. The van der Waals surface area contributed by atoms with E-state index in [1.165, 1.54) is 9.80 Å². The van der Waals surface area contributed by atoms with Crippen molar-refractivity contribution in [1.29, 1.82) is 0 Å². The van der Waals surface area contributed by atoms with E-state index in [1.54, 1.807) is 137 Å². The molecule has 0 saturated carbocycles. The van der Waals surface area contributed by atoms with Crippen molar-refractivity contribution >= 4 is 71.0 Å². The molecule has 24 nitrogen and oxygen atoms in total. The van der Waals surface area contributed by atoms with E-state index in [0.29, 0.717) is 35.1 Å². The maximum absolute atomic E-state index is 15.2. The highest BCUT2D eigenvalue weighted by molar-refractivity contribution is 6.00. The van der Waals surface area contributed by atoms with Crippen LogP contribution in [0.15, 0.2) is 121 Å². The summed E-state index contributed by atoms with van der Waals surface area (Å²) in [6, 6.07) is 22.3. The molecule has 3 aliphatic heterocycles. The van der Waals surface area contributed by atoms with Crippen LogP contribution < -0.4 is 42.5 Å². The number of hydrogen-bond acceptors (Lipinski definition) is 14. The van der Waals surface area contributed by atoms with Gasteiger partial charge in [-0.25, -0.2) is 0 Å². The lowest BCUT2D eigenvalue weighted by Crippen LogP contribution is -2.62. The first kappa shape index (κ1) is 75.9. The van der Waals surface area contributed by atoms with Gasteiger partial charge in [0.2, 0.25) is 59.1 Å². The summed E-state index contributed by atoms with van der Waals surface area (Å²) in [5.74, 6) is -10.7. The number of carbonyl (C=O) groups is 12. The van der Waals surface area contributed by atoms with Gasteiger partial charge in [0.1, 0.15) is 73.6 Å². The quantitative estimate of drug-likeness (QED) is 0.0552. The topological polar surface area (TPSA) is 326 Å². The molecule has 8 N–H and O–H groups in total. The first-order chi connectivity index (χ1) is 46.8. The van der Waals surface area contributed by atoms with E-state index in [9.17, 15) is 47.9 Å². The number of amides is 10. The summed E-state index contributed by atoms with van der Waals surface area (Å²) in [7, 11) is 0. The van der Waals surface area contributed by atoms with Crippen LogP contribution in [-0.2, 0) is 93.1 Å². The molecule has 0 aromatic heterocycles. The first-order valence-electron chi connectivity index (χ1n) is 34.4. The fourth-order valence-electron chi connectivity index (χ4n) is 12.4. The maximum atomic E-state index is 15.2. The average molecular weight is 1350 g/mol. The number of esters is 2. The smallest absolute Gasteiger partial charge is 0.306 e. The van der Waals surface area contributed by atoms with Gasteiger partial charge in [0.25, 0.3) is 0 Å². The zero-order valence-electron chi connectivity index (χ0n) is 57.6. The Kier molecular flexibility index (Phi) is 28.9. The Balaban J connectivity index is 1.27. The van der Waals surface area contributed by atoms with E-state index in [0.717, 1.165) is 0 Å². The number of ether oxygens (including phenoxy) is 2. The number of carbonyl (C=O) groups excluding carboxylic acids is 12. The summed E-state index contributed by atoms with van der Waals surface area (Å²) < 4.78 is 11.1. The van der Waals surface area contributed by atoms with Crippen molar-refractivity contribution in [3.63, 3.8) is 0 Å². The number of benzene rings is 4. The maximum Gasteiger partial charge on any atom is 0.306 e. The van der Waals surface area contributed by atoms with E-state index in [2.05, 4.69) is 42.5 Å². The van der Waals surface area contributed by atoms with Gasteiger partial charge in [0.05, 0.1) is 0 Å². The molecule has 4 aromatic carbocycles. The van der Waals surface area contributed by atoms with Crippen LogP contribution in [0.4, 0.5) is 0 Å². The van der Waals surface area contributed by atoms with Gasteiger partial charge >= 0.3 is 11.9 Å². The van der Waals surface area contributed by atoms with Crippen LogP contribution in [0.3, 0.4) is 0 Å². The molecule has 0 aliphatic carbocycles. The third kappa shape index (κ3) is 22.8. The van der Waals surface area contributed by atoms with E-state index >= 15 is 9.59 Å². The summed E-state index contributed by atoms with van der Waals surface area (Å²) in [5.41, 5.74) is 2.72. The van der Waals surface area contributed by atoms with E-state index in [1.807, 2.05) is 39.8 Å². The van der Waals surface area contributed by atoms with E-state index in [-0.39, 0.29) is 102 Å². The Morgan fingerprint density at radius 3 is 0.990 bits per heavy atom. The highest BCUT2D eigenvalue weighted by atomic mass is 16.5. The molecule has 528 valence electrons. The standard InChI is InChI=1S/C74H98N10O14/c1-45(2)39-55-67(89)79-57(41-49-23-13-9-14-24-49)73(95)83-37-21-31-59(83)69(91)82-64(48(7)8)72(94)76-54(34-36-62(86)98-44-52-29-19-12-20-30-52)66(88)78-56(40-46(3)4)68(90)80-58(42-50-25-15-10-16-26-50)74(96)84-38-22-32-60(84)70(92)81-63(47(5)6)71(93)75-53(65(87)77-55)33-35-61(85)97-43-51-27-17-11-18-28-51/h9-20,23-30,45-48,53-60,63-64H,21-22,31-44H2,1-8H3,(H,75,93)(H,76,94)(H,77,87)(H,78,88)(H,79,89)(H,80,90)(H,81,92)(H,82,91)/t53-,54-,55-,56-,57+,58+,59-,60-,63-,64-/m0/s1. The Bertz CT molecular complexity index is 3150. The molecule has 0 spiro atoms. The summed E-state index contributed by atoms with van der Waals surface area (Å²) in [6.07, 6.45) is -0.343. The molecule has 10 amide bonds. The van der Waals surface area contributed by atoms with E-state index < -0.39 is 143 Å². The molecule has 98 heavy (non-hydrogen) atoms. The minimum Gasteiger partial charge on any atom is -0.461 e. The van der Waals surface area contributed by atoms with Crippen molar-refractivity contribution in [3.05, 3.63) is 144 Å². The number of hydrogen-bond donors (Lipinski definition) is 8. The number of nitrogens with one attached hydrogen (secondary N) is 8. The van der Waals surface area contributed by atoms with Crippen LogP contribution >= 0.6 is 0 Å². The van der Waals surface area contributed by atoms with Crippen molar-refractivity contribution < 1.29 is 67.0 Å². The molecule has 7 rings (SSSR count). The van der Waals surface area contributed by atoms with Crippen LogP contribution in [0.2, 0.25) is 0 Å². The number of rotatable bonds is 20. The largest absolute Gasteiger partial charge is 0.461 e. The molecule has 3 heterocycles. The molecule has 3 aliphatic rings. The lowest BCUT2D eigenvalue weighted by atomic mass is 9.98. The predicted molar refractivity (Wildman–Crippen MR) is 365 cm³/mol. The second-order valence-corrected chi connectivity index (χ2v) is 27.2. The molecular weight excluding hydrogens is 1250 g/mol. The van der Waals surface area contributed by atoms with Crippen molar-refractivity contribution in [2.75, 3.05) is 13.1 Å². The van der Waals surface area contributed by atoms with Gasteiger partial charge < -0.3 is 61.8 Å². The van der Waals surface area contributed by atoms with Gasteiger partial charge in [-0.3, -0.25) is 57.5 Å². The van der Waals surface area contributed by atoms with Crippen LogP contribution in [0.5, 0.6) is 0 Å². The highest BCUT2D eigenvalue weighted by Gasteiger charge is 2.44. The summed E-state index contributed by atoms with van der Waals surface area (Å²) in [4.78, 5) is 179. The van der Waals surface area contributed by atoms with Crippen molar-refractivity contribution in [3.8, 4) is 0 Å². The fourth-order valence-corrected chi connectivity index (χ4v) is 12.4. The van der Waals surface area contributed by atoms with Crippen LogP contribution in [0.25, 0.3) is 0 Å². The van der Waals surface area contributed by atoms with Crippen molar-refractivity contribution in [2.45, 2.75) is 206 Å². The summed E-state index contributed by atoms with van der Waals surface area (Å²) in [6.45, 7) is 14.0. The Hall–Kier alpha value is -9.48. The Morgan fingerprint density at radius 2 is 0.673 bits per heavy atom. The molecule has 4 aromatic rings. The van der Waals surface area contributed by atoms with Crippen LogP contribution in [-0.4, -0.2) is 154 Å². The minimum atomic E-state index is -1.51. The molecule has 0 radical (unpaired) electrons. The highest BCUT2D eigenvalue weighted by Crippen LogP contribution is 2.24. The molecule has 10 atom stereocenters. The first-order valence-corrected chi connectivity index (χ1v) is 34.4. The third-order valence-corrected chi connectivity index (χ3v) is 17.7. The second-order valence-electron chi connectivity index (χ2n) is 27.2. The Labute approximate surface area is 574 Å². The lowest BCUT2D eigenvalue weighted by Gasteiger charge is -2.33. The molecule has 24 heteroatoms. The van der Waals surface area contributed by atoms with Gasteiger partial charge in [0, 0.05) is 38.8 Å². The minimum absolute atomic E-state index is 0.0353. The van der Waals surface area contributed by atoms with Gasteiger partial charge in [-0.15, -0.1) is 0 Å². The van der Waals surface area contributed by atoms with Crippen LogP contribution in [0, 0.1) is 23.7 Å². The van der Waals surface area contributed by atoms with Crippen molar-refractivity contribution in [2.24, 2.45) is 23.7 Å². The average Bonchev–Trinajstić information content (AvgIpc) is 1.62. The fraction of sp³-hybridized carbons (Fsp3) is 0.514. The van der Waals surface area contributed by atoms with Gasteiger partial charge in [0.15, 0.2) is 0 Å². The van der Waals surface area contributed by atoms with Crippen molar-refractivity contribution in [1.82, 2.24) is 52.3 Å². The molecule has 3 saturated heterocycles. The van der Waals surface area contributed by atoms with Gasteiger partial charge in [-0.05, 0) is 97.3 Å². The van der Waals surface area contributed by atoms with Gasteiger partial charge in [-0.2, -0.15) is 0 Å². The zero-order valence-corrected chi connectivity index (χ0v) is 57.6. The molecule has 0 bridgehead atoms. The monoisotopic (exact) mass is 1350 g/mol. The molecule has 0 unspecified atom stereocenters. The normalized spacial score (nSPS) is 23.9. The molecule has 3 fully saturated rings. The SMILES string of the molecule is CC(C)C[C@@H]1NC(=O)[C@H](CCC(=O)OCc2ccccc2)NC(=O)[C@H](C(C)C)NC(=O)[C@@H]2CCCN2C(=O)[C@@H](Cc2ccccc2)NC(=O)[C@H](CC(C)C)NC(=O)[C@H](CCC(=O)OCc2ccccc2)NC(=O)[C@H](C(C)C)NC(=O)[C@@H]2CCCN2C(=O)[C@@H](Cc2ccccc2)NC1=O. The number of nitrogens with zero attached hydrogens (tertiary/aromatic N) is 2. The van der Waals surface area contributed by atoms with Crippen LogP contribution in [0.1, 0.15) is 142 Å². The lowest BCUT2D eigenvalue weighted by molar-refractivity contribution is -0.146. The third-order valence-electron chi connectivity index (χ3n) is 17.7.